The van der Waals surface area contributed by atoms with Crippen LogP contribution in [0, 0.1) is 11.6 Å². The molecule has 3 amide bonds. The first-order valence-electron chi connectivity index (χ1n) is 8.47. The van der Waals surface area contributed by atoms with E-state index in [-0.39, 0.29) is 17.3 Å². The number of aromatic nitrogens is 1. The van der Waals surface area contributed by atoms with Crippen LogP contribution >= 0.6 is 0 Å². The number of amides is 3. The molecule has 2 aromatic carbocycles. The number of nitrogens with zero attached hydrogens (tertiary/aromatic N) is 2. The molecule has 0 fully saturated rings. The van der Waals surface area contributed by atoms with Crippen LogP contribution in [0.2, 0.25) is 0 Å². The molecule has 3 rings (SSSR count). The van der Waals surface area contributed by atoms with Gasteiger partial charge in [-0.3, -0.25) is 4.79 Å². The average Bonchev–Trinajstić information content (AvgIpc) is 2.69. The molecule has 0 saturated carbocycles. The fourth-order valence-corrected chi connectivity index (χ4v) is 2.55. The highest BCUT2D eigenvalue weighted by molar-refractivity contribution is 6.20. The minimum absolute atomic E-state index is 0.102. The number of carbonyl (C=O) groups excluding carboxylic acids is 2. The summed E-state index contributed by atoms with van der Waals surface area (Å²) in [7, 11) is 0. The first kappa shape index (κ1) is 21.7. The third kappa shape index (κ3) is 4.77. The number of hydrogen-bond acceptors (Lipinski definition) is 4. The number of carbonyl (C=O) groups is 2. The predicted molar refractivity (Wildman–Crippen MR) is 98.5 cm³/mol. The Morgan fingerprint density at radius 3 is 2.03 bits per heavy atom. The number of primary amides is 1. The second-order valence-electron chi connectivity index (χ2n) is 6.05. The van der Waals surface area contributed by atoms with Gasteiger partial charge in [0.15, 0.2) is 0 Å². The van der Waals surface area contributed by atoms with Crippen LogP contribution in [0.5, 0.6) is 11.6 Å². The van der Waals surface area contributed by atoms with Crippen molar-refractivity contribution in [2.24, 2.45) is 5.73 Å². The molecule has 0 aliphatic carbocycles. The minimum atomic E-state index is -4.55. The Balaban J connectivity index is 1.83. The van der Waals surface area contributed by atoms with Crippen LogP contribution < -0.4 is 15.4 Å². The summed E-state index contributed by atoms with van der Waals surface area (Å²) in [6.45, 7) is 0. The molecule has 0 spiro atoms. The van der Waals surface area contributed by atoms with Crippen molar-refractivity contribution in [3.8, 4) is 11.6 Å². The van der Waals surface area contributed by atoms with Gasteiger partial charge in [0.2, 0.25) is 5.88 Å². The highest BCUT2D eigenvalue weighted by Gasteiger charge is 2.31. The number of nitrogens with two attached hydrogens (primary N) is 1. The van der Waals surface area contributed by atoms with E-state index in [2.05, 4.69) is 4.98 Å². The van der Waals surface area contributed by atoms with Crippen molar-refractivity contribution >= 4 is 17.6 Å². The molecule has 31 heavy (non-hydrogen) atoms. The maximum Gasteiger partial charge on any atom is 0.417 e. The van der Waals surface area contributed by atoms with Gasteiger partial charge in [-0.2, -0.15) is 13.2 Å². The van der Waals surface area contributed by atoms with Crippen LogP contribution in [0.1, 0.15) is 15.9 Å². The normalized spacial score (nSPS) is 11.1. The maximum atomic E-state index is 13.9. The maximum absolute atomic E-state index is 13.9. The summed E-state index contributed by atoms with van der Waals surface area (Å²) in [5, 5.41) is 0. The highest BCUT2D eigenvalue weighted by atomic mass is 19.4. The first-order chi connectivity index (χ1) is 14.6. The Bertz CT molecular complexity index is 1100. The van der Waals surface area contributed by atoms with E-state index in [9.17, 15) is 31.5 Å². The van der Waals surface area contributed by atoms with Gasteiger partial charge < -0.3 is 10.5 Å². The number of urea groups is 1. The molecule has 11 heteroatoms. The van der Waals surface area contributed by atoms with E-state index in [0.717, 1.165) is 30.3 Å². The quantitative estimate of drug-likeness (QED) is 0.589. The fourth-order valence-electron chi connectivity index (χ4n) is 2.55. The van der Waals surface area contributed by atoms with Crippen LogP contribution in [-0.4, -0.2) is 16.9 Å². The smallest absolute Gasteiger partial charge is 0.417 e. The van der Waals surface area contributed by atoms with Crippen molar-refractivity contribution in [3.63, 3.8) is 0 Å². The topological polar surface area (TPSA) is 85.5 Å². The molecule has 0 bridgehead atoms. The van der Waals surface area contributed by atoms with E-state index in [1.165, 1.54) is 24.3 Å². The third-order valence-electron chi connectivity index (χ3n) is 3.98. The monoisotopic (exact) mass is 437 g/mol. The number of halogens is 5. The zero-order valence-corrected chi connectivity index (χ0v) is 15.4. The average molecular weight is 437 g/mol. The molecule has 1 aromatic heterocycles. The second kappa shape index (κ2) is 8.38. The van der Waals surface area contributed by atoms with E-state index in [4.69, 9.17) is 10.5 Å². The molecular weight excluding hydrogens is 425 g/mol. The van der Waals surface area contributed by atoms with Gasteiger partial charge in [-0.1, -0.05) is 6.07 Å². The lowest BCUT2D eigenvalue weighted by atomic mass is 10.1. The molecule has 0 radical (unpaired) electrons. The molecule has 6 nitrogen and oxygen atoms in total. The van der Waals surface area contributed by atoms with Crippen molar-refractivity contribution in [1.29, 1.82) is 0 Å². The molecule has 0 atom stereocenters. The highest BCUT2D eigenvalue weighted by Crippen LogP contribution is 2.30. The first-order valence-corrected chi connectivity index (χ1v) is 8.47. The lowest BCUT2D eigenvalue weighted by Crippen LogP contribution is -2.41. The van der Waals surface area contributed by atoms with Crippen molar-refractivity contribution in [3.05, 3.63) is 83.6 Å². The Morgan fingerprint density at radius 1 is 0.935 bits per heavy atom. The van der Waals surface area contributed by atoms with E-state index in [1.807, 2.05) is 0 Å². The van der Waals surface area contributed by atoms with Gasteiger partial charge in [0.25, 0.3) is 5.91 Å². The van der Waals surface area contributed by atoms with E-state index >= 15 is 0 Å². The largest absolute Gasteiger partial charge is 0.439 e. The van der Waals surface area contributed by atoms with Gasteiger partial charge in [-0.15, -0.1) is 0 Å². The van der Waals surface area contributed by atoms with Gasteiger partial charge in [0.1, 0.15) is 22.9 Å². The Kier molecular flexibility index (Phi) is 5.86. The predicted octanol–water partition coefficient (Wildman–Crippen LogP) is 4.90. The summed E-state index contributed by atoms with van der Waals surface area (Å²) >= 11 is 0. The molecule has 0 saturated heterocycles. The molecule has 1 heterocycles. The van der Waals surface area contributed by atoms with Crippen molar-refractivity contribution in [2.75, 3.05) is 4.90 Å². The minimum Gasteiger partial charge on any atom is -0.439 e. The number of alkyl halides is 3. The van der Waals surface area contributed by atoms with Crippen LogP contribution in [0.3, 0.4) is 0 Å². The summed E-state index contributed by atoms with van der Waals surface area (Å²) in [5.74, 6) is -3.71. The summed E-state index contributed by atoms with van der Waals surface area (Å²) in [6, 6.07) is 8.17. The molecule has 2 N–H and O–H groups in total. The van der Waals surface area contributed by atoms with E-state index in [0.29, 0.717) is 11.1 Å². The van der Waals surface area contributed by atoms with Gasteiger partial charge >= 0.3 is 12.2 Å². The summed E-state index contributed by atoms with van der Waals surface area (Å²) < 4.78 is 70.8. The number of hydrogen-bond donors (Lipinski definition) is 1. The number of rotatable bonds is 4. The van der Waals surface area contributed by atoms with Crippen molar-refractivity contribution < 1.29 is 36.3 Å². The van der Waals surface area contributed by atoms with Crippen LogP contribution in [-0.2, 0) is 6.18 Å². The van der Waals surface area contributed by atoms with Gasteiger partial charge in [-0.25, -0.2) is 23.5 Å². The number of imide groups is 1. The van der Waals surface area contributed by atoms with Gasteiger partial charge in [0, 0.05) is 12.3 Å². The zero-order chi connectivity index (χ0) is 22.8. The number of pyridine rings is 1. The van der Waals surface area contributed by atoms with Crippen LogP contribution in [0.4, 0.5) is 32.4 Å². The molecule has 0 aliphatic rings. The van der Waals surface area contributed by atoms with Gasteiger partial charge in [0.05, 0.1) is 11.3 Å². The van der Waals surface area contributed by atoms with Crippen LogP contribution in [0.15, 0.2) is 60.8 Å². The lowest BCUT2D eigenvalue weighted by molar-refractivity contribution is -0.137. The van der Waals surface area contributed by atoms with Gasteiger partial charge in [-0.05, 0) is 42.5 Å². The zero-order valence-electron chi connectivity index (χ0n) is 15.4. The molecule has 160 valence electrons. The third-order valence-corrected chi connectivity index (χ3v) is 3.98. The standard InChI is InChI=1S/C20H12F5N3O3/c21-14-2-1-3-15(22)17(14)18(29)28(19(26)30)12-5-7-13(8-6-12)31-16-9-4-11(10-27-16)20(23,24)25/h1-10H,(H2,26,30). The molecule has 0 aliphatic heterocycles. The second-order valence-corrected chi connectivity index (χ2v) is 6.05. The SMILES string of the molecule is NC(=O)N(C(=O)c1c(F)cccc1F)c1ccc(Oc2ccc(C(F)(F)F)cn2)cc1. The van der Waals surface area contributed by atoms with E-state index in [1.54, 1.807) is 0 Å². The summed E-state index contributed by atoms with van der Waals surface area (Å²) in [5.41, 5.74) is 3.17. The Morgan fingerprint density at radius 2 is 1.55 bits per heavy atom. The van der Waals surface area contributed by atoms with Crippen molar-refractivity contribution in [2.45, 2.75) is 6.18 Å². The summed E-state index contributed by atoms with van der Waals surface area (Å²) in [4.78, 5) is 28.2. The Hall–Kier alpha value is -4.02. The Labute approximate surface area is 171 Å². The number of anilines is 1. The number of ether oxygens (including phenoxy) is 1. The van der Waals surface area contributed by atoms with Crippen molar-refractivity contribution in [1.82, 2.24) is 4.98 Å². The molecule has 3 aromatic rings. The fraction of sp³-hybridized carbons (Fsp3) is 0.0500. The molecule has 0 unspecified atom stereocenters. The van der Waals surface area contributed by atoms with E-state index < -0.39 is 40.9 Å². The lowest BCUT2D eigenvalue weighted by Gasteiger charge is -2.19. The molecular formula is C20H12F5N3O3. The number of benzene rings is 2. The van der Waals surface area contributed by atoms with Crippen LogP contribution in [0.25, 0.3) is 0 Å². The summed E-state index contributed by atoms with van der Waals surface area (Å²) in [6.07, 6.45) is -3.95.